The van der Waals surface area contributed by atoms with Gasteiger partial charge in [-0.3, -0.25) is 9.69 Å². The SMILES string of the molecule is COC(=O)[C@H]([C@H](CC1CCN(C(=O)OC(C)(C)C)CC1)[Si](C)(C)c1ccccc1)N(Cc1ccccc1)Cc1ccccc1. The van der Waals surface area contributed by atoms with Gasteiger partial charge >= 0.3 is 12.1 Å². The molecule has 0 aromatic heterocycles. The Labute approximate surface area is 265 Å². The Balaban J connectivity index is 1.69. The first-order valence-electron chi connectivity index (χ1n) is 15.9. The summed E-state index contributed by atoms with van der Waals surface area (Å²) >= 11 is 0. The summed E-state index contributed by atoms with van der Waals surface area (Å²) < 4.78 is 11.3. The zero-order chi connectivity index (χ0) is 31.7. The molecule has 4 rings (SSSR count). The second-order valence-corrected chi connectivity index (χ2v) is 18.4. The van der Waals surface area contributed by atoms with Crippen LogP contribution < -0.4 is 5.19 Å². The molecule has 3 aromatic rings. The van der Waals surface area contributed by atoms with Gasteiger partial charge in [0.05, 0.1) is 15.2 Å². The molecule has 0 N–H and O–H groups in total. The van der Waals surface area contributed by atoms with E-state index in [9.17, 15) is 9.59 Å². The van der Waals surface area contributed by atoms with Crippen LogP contribution in [0.15, 0.2) is 91.0 Å². The molecule has 1 aliphatic heterocycles. The second kappa shape index (κ2) is 15.0. The largest absolute Gasteiger partial charge is 0.468 e. The summed E-state index contributed by atoms with van der Waals surface area (Å²) in [4.78, 5) is 31.0. The number of carbonyl (C=O) groups excluding carboxylic acids is 2. The monoisotopic (exact) mass is 614 g/mol. The lowest BCUT2D eigenvalue weighted by atomic mass is 9.89. The number of ether oxygens (including phenoxy) is 2. The highest BCUT2D eigenvalue weighted by Gasteiger charge is 2.46. The van der Waals surface area contributed by atoms with E-state index < -0.39 is 19.7 Å². The van der Waals surface area contributed by atoms with Crippen LogP contribution in [0.2, 0.25) is 18.6 Å². The Kier molecular flexibility index (Phi) is 11.4. The van der Waals surface area contributed by atoms with Crippen molar-refractivity contribution < 1.29 is 19.1 Å². The van der Waals surface area contributed by atoms with Crippen molar-refractivity contribution in [2.45, 2.75) is 83.4 Å². The van der Waals surface area contributed by atoms with Crippen LogP contribution in [0.25, 0.3) is 0 Å². The van der Waals surface area contributed by atoms with Crippen LogP contribution in [0.3, 0.4) is 0 Å². The lowest BCUT2D eigenvalue weighted by Crippen LogP contribution is -2.57. The maximum atomic E-state index is 14.1. The molecular formula is C37H50N2O4Si. The smallest absolute Gasteiger partial charge is 0.410 e. The fourth-order valence-electron chi connectivity index (χ4n) is 6.51. The van der Waals surface area contributed by atoms with Gasteiger partial charge in [0.2, 0.25) is 0 Å². The van der Waals surface area contributed by atoms with Gasteiger partial charge in [-0.2, -0.15) is 0 Å². The van der Waals surface area contributed by atoms with E-state index >= 15 is 0 Å². The molecule has 0 saturated carbocycles. The van der Waals surface area contributed by atoms with Gasteiger partial charge in [0, 0.05) is 26.2 Å². The maximum absolute atomic E-state index is 14.1. The first-order valence-corrected chi connectivity index (χ1v) is 19.0. The molecular weight excluding hydrogens is 565 g/mol. The van der Waals surface area contributed by atoms with E-state index in [1.807, 2.05) is 37.8 Å². The van der Waals surface area contributed by atoms with E-state index in [0.29, 0.717) is 32.1 Å². The molecule has 1 fully saturated rings. The van der Waals surface area contributed by atoms with Crippen LogP contribution in [0.1, 0.15) is 51.2 Å². The molecule has 7 heteroatoms. The molecule has 236 valence electrons. The summed E-state index contributed by atoms with van der Waals surface area (Å²) in [6, 6.07) is 31.1. The molecule has 6 nitrogen and oxygen atoms in total. The number of carbonyl (C=O) groups is 2. The van der Waals surface area contributed by atoms with Gasteiger partial charge in [0.25, 0.3) is 0 Å². The van der Waals surface area contributed by atoms with Crippen molar-refractivity contribution in [1.29, 1.82) is 0 Å². The molecule has 3 aromatic carbocycles. The second-order valence-electron chi connectivity index (χ2n) is 13.7. The van der Waals surface area contributed by atoms with E-state index in [1.54, 1.807) is 0 Å². The minimum atomic E-state index is -2.25. The van der Waals surface area contributed by atoms with E-state index in [2.05, 4.69) is 96.9 Å². The van der Waals surface area contributed by atoms with Gasteiger partial charge in [-0.05, 0) is 62.6 Å². The van der Waals surface area contributed by atoms with Gasteiger partial charge in [0.1, 0.15) is 11.6 Å². The van der Waals surface area contributed by atoms with E-state index in [1.165, 1.54) is 23.4 Å². The Morgan fingerprint density at radius 2 is 1.32 bits per heavy atom. The van der Waals surface area contributed by atoms with Crippen molar-refractivity contribution in [2.24, 2.45) is 5.92 Å². The Bertz CT molecular complexity index is 1280. The zero-order valence-electron chi connectivity index (χ0n) is 27.4. The normalized spacial score (nSPS) is 15.9. The third kappa shape index (κ3) is 9.05. The molecule has 1 aliphatic rings. The van der Waals surface area contributed by atoms with Crippen LogP contribution in [0.4, 0.5) is 4.79 Å². The fraction of sp³-hybridized carbons (Fsp3) is 0.459. The summed E-state index contributed by atoms with van der Waals surface area (Å²) in [5, 5.41) is 1.34. The first kappa shape index (κ1) is 33.5. The summed E-state index contributed by atoms with van der Waals surface area (Å²) in [6.07, 6.45) is 2.44. The van der Waals surface area contributed by atoms with E-state index in [4.69, 9.17) is 9.47 Å². The van der Waals surface area contributed by atoms with Crippen molar-refractivity contribution in [3.05, 3.63) is 102 Å². The maximum Gasteiger partial charge on any atom is 0.410 e. The van der Waals surface area contributed by atoms with E-state index in [0.717, 1.165) is 19.3 Å². The number of methoxy groups -OCH3 is 1. The number of esters is 1. The summed E-state index contributed by atoms with van der Waals surface area (Å²) in [7, 11) is -0.731. The van der Waals surface area contributed by atoms with Crippen molar-refractivity contribution >= 4 is 25.3 Å². The standard InChI is InChI=1S/C37H50N2O4Si/c1-37(2,3)43-36(41)38-24-22-29(23-25-38)26-33(44(5,6)32-20-14-9-15-21-32)34(35(40)42-4)39(27-30-16-10-7-11-17-30)28-31-18-12-8-13-19-31/h7-21,29,33-34H,22-28H2,1-6H3/t33-,34-/m0/s1. The van der Waals surface area contributed by atoms with Crippen LogP contribution in [-0.2, 0) is 27.4 Å². The van der Waals surface area contributed by atoms with Crippen molar-refractivity contribution in [2.75, 3.05) is 20.2 Å². The highest BCUT2D eigenvalue weighted by molar-refractivity contribution is 6.91. The lowest BCUT2D eigenvalue weighted by Gasteiger charge is -2.45. The predicted molar refractivity (Wildman–Crippen MR) is 180 cm³/mol. The summed E-state index contributed by atoms with van der Waals surface area (Å²) in [5.74, 6) is 0.209. The van der Waals surface area contributed by atoms with Crippen molar-refractivity contribution in [3.8, 4) is 0 Å². The molecule has 1 saturated heterocycles. The minimum absolute atomic E-state index is 0.0860. The lowest BCUT2D eigenvalue weighted by molar-refractivity contribution is -0.148. The Morgan fingerprint density at radius 3 is 1.77 bits per heavy atom. The number of nitrogens with zero attached hydrogens (tertiary/aromatic N) is 2. The topological polar surface area (TPSA) is 59.1 Å². The van der Waals surface area contributed by atoms with Gasteiger partial charge in [-0.15, -0.1) is 0 Å². The predicted octanol–water partition coefficient (Wildman–Crippen LogP) is 7.25. The number of likely N-dealkylation sites (tertiary alicyclic amines) is 1. The number of hydrogen-bond donors (Lipinski definition) is 0. The fourth-order valence-corrected chi connectivity index (χ4v) is 10.1. The average Bonchev–Trinajstić information content (AvgIpc) is 3.01. The number of amides is 1. The summed E-state index contributed by atoms with van der Waals surface area (Å²) in [5.41, 5.74) is 1.91. The highest BCUT2D eigenvalue weighted by Crippen LogP contribution is 2.40. The molecule has 0 spiro atoms. The van der Waals surface area contributed by atoms with Gasteiger partial charge in [0.15, 0.2) is 0 Å². The average molecular weight is 615 g/mol. The minimum Gasteiger partial charge on any atom is -0.468 e. The molecule has 0 unspecified atom stereocenters. The molecule has 1 amide bonds. The Morgan fingerprint density at radius 1 is 0.841 bits per heavy atom. The summed E-state index contributed by atoms with van der Waals surface area (Å²) in [6.45, 7) is 13.1. The number of benzene rings is 3. The van der Waals surface area contributed by atoms with Gasteiger partial charge in [-0.1, -0.05) is 109 Å². The molecule has 0 aliphatic carbocycles. The molecule has 2 atom stereocenters. The third-order valence-corrected chi connectivity index (χ3v) is 13.2. The Hall–Kier alpha value is -3.42. The van der Waals surface area contributed by atoms with Crippen LogP contribution in [0.5, 0.6) is 0 Å². The first-order chi connectivity index (χ1) is 21.0. The number of rotatable bonds is 11. The van der Waals surface area contributed by atoms with Gasteiger partial charge in [-0.25, -0.2) is 4.79 Å². The molecule has 0 radical (unpaired) electrons. The quantitative estimate of drug-likeness (QED) is 0.168. The van der Waals surface area contributed by atoms with Gasteiger partial charge < -0.3 is 14.4 Å². The zero-order valence-corrected chi connectivity index (χ0v) is 28.4. The van der Waals surface area contributed by atoms with Crippen LogP contribution >= 0.6 is 0 Å². The number of hydrogen-bond acceptors (Lipinski definition) is 5. The number of piperidine rings is 1. The van der Waals surface area contributed by atoms with Crippen LogP contribution in [-0.4, -0.2) is 61.8 Å². The van der Waals surface area contributed by atoms with E-state index in [-0.39, 0.29) is 17.6 Å². The molecule has 44 heavy (non-hydrogen) atoms. The van der Waals surface area contributed by atoms with Crippen molar-refractivity contribution in [1.82, 2.24) is 9.80 Å². The van der Waals surface area contributed by atoms with Crippen molar-refractivity contribution in [3.63, 3.8) is 0 Å². The van der Waals surface area contributed by atoms with Crippen LogP contribution in [0, 0.1) is 5.92 Å². The molecule has 1 heterocycles. The third-order valence-electron chi connectivity index (χ3n) is 8.97. The molecule has 0 bridgehead atoms. The highest BCUT2D eigenvalue weighted by atomic mass is 28.3.